The lowest BCUT2D eigenvalue weighted by atomic mass is 9.83. The number of nitrogens with one attached hydrogen (secondary N) is 1. The Morgan fingerprint density at radius 2 is 1.80 bits per heavy atom. The molecule has 0 aromatic rings. The monoisotopic (exact) mass is 282 g/mol. The Balaban J connectivity index is 2.57. The molecule has 2 atom stereocenters. The van der Waals surface area contributed by atoms with Crippen LogP contribution in [0.15, 0.2) is 0 Å². The third kappa shape index (κ3) is 6.13. The SMILES string of the molecule is CCCCN(CC(NCC)C1CCCCC1)C(C)CC. The molecule has 0 aliphatic heterocycles. The molecular formula is C18H38N2. The van der Waals surface area contributed by atoms with Gasteiger partial charge >= 0.3 is 0 Å². The second-order valence-electron chi connectivity index (χ2n) is 6.67. The van der Waals surface area contributed by atoms with Gasteiger partial charge in [0.1, 0.15) is 0 Å². The van der Waals surface area contributed by atoms with E-state index in [1.54, 1.807) is 0 Å². The van der Waals surface area contributed by atoms with Crippen molar-refractivity contribution < 1.29 is 0 Å². The smallest absolute Gasteiger partial charge is 0.0223 e. The highest BCUT2D eigenvalue weighted by Gasteiger charge is 2.25. The molecule has 1 aliphatic rings. The van der Waals surface area contributed by atoms with Crippen LogP contribution in [0.25, 0.3) is 0 Å². The van der Waals surface area contributed by atoms with Gasteiger partial charge in [-0.25, -0.2) is 0 Å². The third-order valence-electron chi connectivity index (χ3n) is 5.13. The summed E-state index contributed by atoms with van der Waals surface area (Å²) in [5, 5.41) is 3.80. The fraction of sp³-hybridized carbons (Fsp3) is 1.00. The van der Waals surface area contributed by atoms with E-state index in [1.165, 1.54) is 64.5 Å². The van der Waals surface area contributed by atoms with Crippen molar-refractivity contribution in [2.75, 3.05) is 19.6 Å². The summed E-state index contributed by atoms with van der Waals surface area (Å²) in [4.78, 5) is 2.74. The van der Waals surface area contributed by atoms with Crippen LogP contribution in [0.2, 0.25) is 0 Å². The Morgan fingerprint density at radius 3 is 2.35 bits per heavy atom. The molecule has 0 bridgehead atoms. The molecule has 0 spiro atoms. The first kappa shape index (κ1) is 18.0. The summed E-state index contributed by atoms with van der Waals surface area (Å²) in [5.41, 5.74) is 0. The molecule has 0 aromatic carbocycles. The molecule has 2 unspecified atom stereocenters. The van der Waals surface area contributed by atoms with Crippen LogP contribution in [0.4, 0.5) is 0 Å². The number of nitrogens with zero attached hydrogens (tertiary/aromatic N) is 1. The molecule has 1 N–H and O–H groups in total. The molecule has 0 amide bonds. The first-order valence-electron chi connectivity index (χ1n) is 9.20. The molecule has 20 heavy (non-hydrogen) atoms. The zero-order valence-corrected chi connectivity index (χ0v) is 14.5. The normalized spacial score (nSPS) is 20.2. The number of hydrogen-bond acceptors (Lipinski definition) is 2. The van der Waals surface area contributed by atoms with Crippen LogP contribution in [0, 0.1) is 5.92 Å². The van der Waals surface area contributed by atoms with Crippen molar-refractivity contribution in [1.29, 1.82) is 0 Å². The highest BCUT2D eigenvalue weighted by atomic mass is 15.2. The molecule has 2 nitrogen and oxygen atoms in total. The van der Waals surface area contributed by atoms with E-state index in [-0.39, 0.29) is 0 Å². The predicted molar refractivity (Wildman–Crippen MR) is 90.3 cm³/mol. The molecule has 1 rings (SSSR count). The van der Waals surface area contributed by atoms with Crippen molar-refractivity contribution >= 4 is 0 Å². The van der Waals surface area contributed by atoms with E-state index in [9.17, 15) is 0 Å². The minimum atomic E-state index is 0.714. The first-order chi connectivity index (χ1) is 9.72. The lowest BCUT2D eigenvalue weighted by molar-refractivity contribution is 0.145. The maximum absolute atomic E-state index is 3.80. The molecule has 1 fully saturated rings. The lowest BCUT2D eigenvalue weighted by Gasteiger charge is -2.37. The summed E-state index contributed by atoms with van der Waals surface area (Å²) in [5.74, 6) is 0.914. The topological polar surface area (TPSA) is 15.3 Å². The second-order valence-corrected chi connectivity index (χ2v) is 6.67. The maximum atomic E-state index is 3.80. The molecular weight excluding hydrogens is 244 g/mol. The largest absolute Gasteiger partial charge is 0.313 e. The first-order valence-corrected chi connectivity index (χ1v) is 9.20. The summed E-state index contributed by atoms with van der Waals surface area (Å²) in [6, 6.07) is 1.44. The molecule has 1 saturated carbocycles. The summed E-state index contributed by atoms with van der Waals surface area (Å²) < 4.78 is 0. The van der Waals surface area contributed by atoms with Gasteiger partial charge in [-0.3, -0.25) is 4.90 Å². The summed E-state index contributed by atoms with van der Waals surface area (Å²) in [6.07, 6.45) is 11.2. The fourth-order valence-electron chi connectivity index (χ4n) is 3.54. The van der Waals surface area contributed by atoms with Gasteiger partial charge in [0, 0.05) is 18.6 Å². The number of likely N-dealkylation sites (N-methyl/N-ethyl adjacent to an activating group) is 1. The van der Waals surface area contributed by atoms with Gasteiger partial charge in [0.05, 0.1) is 0 Å². The molecule has 0 heterocycles. The standard InChI is InChI=1S/C18H38N2/c1-5-8-14-20(16(4)6-2)15-18(19-7-3)17-12-10-9-11-13-17/h16-19H,5-15H2,1-4H3. The van der Waals surface area contributed by atoms with Gasteiger partial charge in [-0.05, 0) is 51.6 Å². The lowest BCUT2D eigenvalue weighted by Crippen LogP contribution is -2.48. The Bertz CT molecular complexity index is 223. The van der Waals surface area contributed by atoms with E-state index < -0.39 is 0 Å². The zero-order chi connectivity index (χ0) is 14.8. The summed E-state index contributed by atoms with van der Waals surface area (Å²) in [6.45, 7) is 12.9. The highest BCUT2D eigenvalue weighted by Crippen LogP contribution is 2.27. The van der Waals surface area contributed by atoms with Crippen molar-refractivity contribution in [3.05, 3.63) is 0 Å². The van der Waals surface area contributed by atoms with E-state index in [1.807, 2.05) is 0 Å². The highest BCUT2D eigenvalue weighted by molar-refractivity contribution is 4.83. The average Bonchev–Trinajstić information content (AvgIpc) is 2.50. The van der Waals surface area contributed by atoms with E-state index in [0.717, 1.165) is 18.5 Å². The molecule has 0 saturated heterocycles. The maximum Gasteiger partial charge on any atom is 0.0223 e. The quantitative estimate of drug-likeness (QED) is 0.637. The Hall–Kier alpha value is -0.0800. The van der Waals surface area contributed by atoms with Crippen LogP contribution in [-0.4, -0.2) is 36.6 Å². The minimum absolute atomic E-state index is 0.714. The Kier molecular flexibility index (Phi) is 9.54. The van der Waals surface area contributed by atoms with Gasteiger partial charge in [0.2, 0.25) is 0 Å². The van der Waals surface area contributed by atoms with Crippen LogP contribution in [0.3, 0.4) is 0 Å². The van der Waals surface area contributed by atoms with E-state index in [0.29, 0.717) is 6.04 Å². The minimum Gasteiger partial charge on any atom is -0.313 e. The second kappa shape index (κ2) is 10.6. The summed E-state index contributed by atoms with van der Waals surface area (Å²) >= 11 is 0. The van der Waals surface area contributed by atoms with Crippen LogP contribution in [0.5, 0.6) is 0 Å². The molecule has 0 radical (unpaired) electrons. The van der Waals surface area contributed by atoms with Gasteiger partial charge in [0.25, 0.3) is 0 Å². The summed E-state index contributed by atoms with van der Waals surface area (Å²) in [7, 11) is 0. The average molecular weight is 283 g/mol. The molecule has 120 valence electrons. The molecule has 2 heteroatoms. The van der Waals surface area contributed by atoms with Crippen molar-refractivity contribution in [3.8, 4) is 0 Å². The van der Waals surface area contributed by atoms with Crippen LogP contribution >= 0.6 is 0 Å². The van der Waals surface area contributed by atoms with E-state index in [4.69, 9.17) is 0 Å². The van der Waals surface area contributed by atoms with Crippen LogP contribution < -0.4 is 5.32 Å². The Labute approximate surface area is 127 Å². The zero-order valence-electron chi connectivity index (χ0n) is 14.5. The van der Waals surface area contributed by atoms with Crippen LogP contribution in [-0.2, 0) is 0 Å². The molecule has 0 aromatic heterocycles. The number of rotatable bonds is 10. The van der Waals surface area contributed by atoms with Crippen molar-refractivity contribution in [1.82, 2.24) is 10.2 Å². The van der Waals surface area contributed by atoms with Gasteiger partial charge in [-0.1, -0.05) is 46.5 Å². The van der Waals surface area contributed by atoms with Crippen molar-refractivity contribution in [2.45, 2.75) is 91.1 Å². The number of unbranched alkanes of at least 4 members (excludes halogenated alkanes) is 1. The Morgan fingerprint density at radius 1 is 1.10 bits per heavy atom. The third-order valence-corrected chi connectivity index (χ3v) is 5.13. The van der Waals surface area contributed by atoms with Gasteiger partial charge in [-0.15, -0.1) is 0 Å². The van der Waals surface area contributed by atoms with E-state index >= 15 is 0 Å². The van der Waals surface area contributed by atoms with Gasteiger partial charge in [-0.2, -0.15) is 0 Å². The van der Waals surface area contributed by atoms with E-state index in [2.05, 4.69) is 37.9 Å². The van der Waals surface area contributed by atoms with Crippen molar-refractivity contribution in [2.24, 2.45) is 5.92 Å². The van der Waals surface area contributed by atoms with Crippen LogP contribution in [0.1, 0.15) is 79.1 Å². The fourth-order valence-corrected chi connectivity index (χ4v) is 3.54. The van der Waals surface area contributed by atoms with Gasteiger partial charge < -0.3 is 5.32 Å². The number of hydrogen-bond donors (Lipinski definition) is 1. The van der Waals surface area contributed by atoms with Gasteiger partial charge in [0.15, 0.2) is 0 Å². The molecule has 1 aliphatic carbocycles. The van der Waals surface area contributed by atoms with Crippen molar-refractivity contribution in [3.63, 3.8) is 0 Å². The predicted octanol–water partition coefficient (Wildman–Crippen LogP) is 4.45.